The minimum atomic E-state index is -0.169. The quantitative estimate of drug-likeness (QED) is 0.276. The van der Waals surface area contributed by atoms with Crippen molar-refractivity contribution in [2.45, 2.75) is 39.3 Å². The Labute approximate surface area is 228 Å². The third-order valence-corrected chi connectivity index (χ3v) is 7.33. The molecule has 1 fully saturated rings. The molecule has 2 atom stereocenters. The number of nitrogens with zero attached hydrogens (tertiary/aromatic N) is 3. The number of aromatic nitrogens is 2. The van der Waals surface area contributed by atoms with Gasteiger partial charge in [0.2, 0.25) is 5.91 Å². The number of nitrogens with one attached hydrogen (secondary N) is 2. The molecule has 2 aromatic heterocycles. The minimum absolute atomic E-state index is 0.0620. The molecular formula is C30H31N5O2S. The van der Waals surface area contributed by atoms with Crippen molar-refractivity contribution in [3.05, 3.63) is 107 Å². The average Bonchev–Trinajstić information content (AvgIpc) is 3.38. The van der Waals surface area contributed by atoms with Crippen LogP contribution in [0.4, 0.5) is 5.69 Å². The number of carbonyl (C=O) groups is 1. The van der Waals surface area contributed by atoms with Gasteiger partial charge < -0.3 is 25.2 Å². The summed E-state index contributed by atoms with van der Waals surface area (Å²) in [6, 6.07) is 22.7. The summed E-state index contributed by atoms with van der Waals surface area (Å²) in [5.41, 5.74) is 6.99. The van der Waals surface area contributed by atoms with E-state index in [4.69, 9.17) is 12.2 Å². The zero-order chi connectivity index (χ0) is 26.8. The van der Waals surface area contributed by atoms with Crippen molar-refractivity contribution in [3.63, 3.8) is 0 Å². The van der Waals surface area contributed by atoms with Gasteiger partial charge in [-0.25, -0.2) is 0 Å². The maximum absolute atomic E-state index is 12.9. The second-order valence-corrected chi connectivity index (χ2v) is 10.1. The van der Waals surface area contributed by atoms with E-state index in [-0.39, 0.29) is 30.2 Å². The van der Waals surface area contributed by atoms with Crippen LogP contribution in [0.2, 0.25) is 0 Å². The second kappa shape index (κ2) is 10.7. The third kappa shape index (κ3) is 5.13. The zero-order valence-electron chi connectivity index (χ0n) is 21.7. The van der Waals surface area contributed by atoms with Crippen molar-refractivity contribution in [2.75, 3.05) is 11.9 Å². The molecule has 0 aliphatic carbocycles. The van der Waals surface area contributed by atoms with Crippen molar-refractivity contribution in [3.8, 4) is 11.4 Å². The molecule has 0 radical (unpaired) electrons. The third-order valence-electron chi connectivity index (χ3n) is 6.98. The van der Waals surface area contributed by atoms with Crippen LogP contribution in [0.5, 0.6) is 5.75 Å². The normalized spacial score (nSPS) is 16.9. The molecule has 0 saturated carbocycles. The van der Waals surface area contributed by atoms with Gasteiger partial charge in [-0.05, 0) is 98.7 Å². The van der Waals surface area contributed by atoms with Gasteiger partial charge in [0.25, 0.3) is 0 Å². The summed E-state index contributed by atoms with van der Waals surface area (Å²) in [5, 5.41) is 16.9. The van der Waals surface area contributed by atoms with Crippen LogP contribution in [0.3, 0.4) is 0 Å². The van der Waals surface area contributed by atoms with Crippen LogP contribution in [0.25, 0.3) is 5.69 Å². The highest BCUT2D eigenvalue weighted by Gasteiger charge is 2.41. The first-order chi connectivity index (χ1) is 18.3. The summed E-state index contributed by atoms with van der Waals surface area (Å²) in [7, 11) is 0. The highest BCUT2D eigenvalue weighted by atomic mass is 32.1. The summed E-state index contributed by atoms with van der Waals surface area (Å²) in [6.07, 6.45) is 2.08. The number of anilines is 1. The molecule has 5 rings (SSSR count). The molecule has 1 aliphatic rings. The van der Waals surface area contributed by atoms with Gasteiger partial charge in [-0.15, -0.1) is 0 Å². The summed E-state index contributed by atoms with van der Waals surface area (Å²) >= 11 is 5.80. The molecular weight excluding hydrogens is 494 g/mol. The number of aromatic hydroxyl groups is 1. The first-order valence-electron chi connectivity index (χ1n) is 12.6. The predicted octanol–water partition coefficient (Wildman–Crippen LogP) is 5.50. The van der Waals surface area contributed by atoms with Crippen LogP contribution in [0.15, 0.2) is 79.0 Å². The van der Waals surface area contributed by atoms with E-state index < -0.39 is 0 Å². The van der Waals surface area contributed by atoms with Gasteiger partial charge in [-0.2, -0.15) is 0 Å². The molecule has 1 saturated heterocycles. The molecule has 194 valence electrons. The number of pyridine rings is 1. The standard InChI is InChI=1S/C30H31N5O2S/c1-19-7-6-8-22(17-19)32-27(37)14-16-34-29(28(33-30(34)38)26-9-4-5-15-31-26)25-18-20(2)35(21(25)3)23-10-12-24(36)13-11-23/h4-13,15,17-18,28-29,36H,14,16H2,1-3H3,(H,32,37)(H,33,38). The van der Waals surface area contributed by atoms with E-state index in [1.165, 1.54) is 0 Å². The molecule has 2 aromatic carbocycles. The van der Waals surface area contributed by atoms with Crippen molar-refractivity contribution in [2.24, 2.45) is 0 Å². The van der Waals surface area contributed by atoms with E-state index >= 15 is 0 Å². The van der Waals surface area contributed by atoms with Crippen LogP contribution in [-0.4, -0.2) is 37.1 Å². The number of benzene rings is 2. The van der Waals surface area contributed by atoms with Crippen molar-refractivity contribution in [1.29, 1.82) is 0 Å². The van der Waals surface area contributed by atoms with E-state index in [9.17, 15) is 9.90 Å². The molecule has 0 spiro atoms. The Bertz CT molecular complexity index is 1470. The first kappa shape index (κ1) is 25.5. The predicted molar refractivity (Wildman–Crippen MR) is 153 cm³/mol. The lowest BCUT2D eigenvalue weighted by Gasteiger charge is -2.28. The molecule has 8 heteroatoms. The largest absolute Gasteiger partial charge is 0.508 e. The highest BCUT2D eigenvalue weighted by molar-refractivity contribution is 7.80. The lowest BCUT2D eigenvalue weighted by molar-refractivity contribution is -0.116. The first-order valence-corrected chi connectivity index (χ1v) is 13.1. The number of phenolic OH excluding ortho intramolecular Hbond substituents is 1. The monoisotopic (exact) mass is 525 g/mol. The Morgan fingerprint density at radius 3 is 2.55 bits per heavy atom. The SMILES string of the molecule is Cc1cccc(NC(=O)CCN2C(=S)NC(c3ccccn3)C2c2cc(C)n(-c3ccc(O)cc3)c2C)c1. The average molecular weight is 526 g/mol. The number of carbonyl (C=O) groups excluding carboxylic acids is 1. The lowest BCUT2D eigenvalue weighted by atomic mass is 9.96. The van der Waals surface area contributed by atoms with Gasteiger partial charge >= 0.3 is 0 Å². The number of amides is 1. The van der Waals surface area contributed by atoms with Crippen LogP contribution in [-0.2, 0) is 4.79 Å². The van der Waals surface area contributed by atoms with Crippen LogP contribution < -0.4 is 10.6 Å². The highest BCUT2D eigenvalue weighted by Crippen LogP contribution is 2.41. The van der Waals surface area contributed by atoms with E-state index in [1.54, 1.807) is 18.3 Å². The molecule has 1 amide bonds. The molecule has 0 bridgehead atoms. The fraction of sp³-hybridized carbons (Fsp3) is 0.233. The summed E-state index contributed by atoms with van der Waals surface area (Å²) < 4.78 is 2.17. The number of thiocarbonyl (C=S) groups is 1. The Kier molecular flexibility index (Phi) is 7.15. The maximum atomic E-state index is 12.9. The van der Waals surface area contributed by atoms with E-state index in [0.717, 1.165) is 39.6 Å². The molecule has 2 unspecified atom stereocenters. The van der Waals surface area contributed by atoms with E-state index in [0.29, 0.717) is 11.7 Å². The fourth-order valence-electron chi connectivity index (χ4n) is 5.24. The lowest BCUT2D eigenvalue weighted by Crippen LogP contribution is -2.32. The topological polar surface area (TPSA) is 82.4 Å². The van der Waals surface area contributed by atoms with E-state index in [1.807, 2.05) is 61.5 Å². The number of hydrogen-bond acceptors (Lipinski definition) is 4. The zero-order valence-corrected chi connectivity index (χ0v) is 22.5. The molecule has 38 heavy (non-hydrogen) atoms. The fourth-order valence-corrected chi connectivity index (χ4v) is 5.57. The van der Waals surface area contributed by atoms with Crippen LogP contribution in [0, 0.1) is 20.8 Å². The van der Waals surface area contributed by atoms with Gasteiger partial charge in [-0.1, -0.05) is 18.2 Å². The molecule has 1 aliphatic heterocycles. The number of hydrogen-bond donors (Lipinski definition) is 3. The second-order valence-electron chi connectivity index (χ2n) is 9.67. The van der Waals surface area contributed by atoms with Gasteiger partial charge in [0.05, 0.1) is 17.8 Å². The Hall–Kier alpha value is -4.17. The van der Waals surface area contributed by atoms with Crippen LogP contribution >= 0.6 is 12.2 Å². The van der Waals surface area contributed by atoms with Gasteiger partial charge in [-0.3, -0.25) is 9.78 Å². The Morgan fingerprint density at radius 2 is 1.84 bits per heavy atom. The minimum Gasteiger partial charge on any atom is -0.508 e. The van der Waals surface area contributed by atoms with Gasteiger partial charge in [0, 0.05) is 41.9 Å². The molecule has 3 heterocycles. The number of aryl methyl sites for hydroxylation is 2. The van der Waals surface area contributed by atoms with Crippen molar-refractivity contribution >= 4 is 28.9 Å². The maximum Gasteiger partial charge on any atom is 0.226 e. The smallest absolute Gasteiger partial charge is 0.226 e. The van der Waals surface area contributed by atoms with Crippen molar-refractivity contribution in [1.82, 2.24) is 19.8 Å². The molecule has 4 aromatic rings. The summed E-state index contributed by atoms with van der Waals surface area (Å²) in [6.45, 7) is 6.62. The number of phenols is 1. The Balaban J connectivity index is 1.46. The van der Waals surface area contributed by atoms with Gasteiger partial charge in [0.1, 0.15) is 5.75 Å². The molecule has 3 N–H and O–H groups in total. The van der Waals surface area contributed by atoms with E-state index in [2.05, 4.69) is 45.0 Å². The number of rotatable bonds is 7. The van der Waals surface area contributed by atoms with Crippen LogP contribution in [0.1, 0.15) is 46.7 Å². The Morgan fingerprint density at radius 1 is 1.05 bits per heavy atom. The van der Waals surface area contributed by atoms with Gasteiger partial charge in [0.15, 0.2) is 5.11 Å². The molecule has 7 nitrogen and oxygen atoms in total. The summed E-state index contributed by atoms with van der Waals surface area (Å²) in [4.78, 5) is 19.6. The van der Waals surface area contributed by atoms with Crippen molar-refractivity contribution < 1.29 is 9.90 Å². The summed E-state index contributed by atoms with van der Waals surface area (Å²) in [5.74, 6) is 0.167.